The van der Waals surface area contributed by atoms with Crippen molar-refractivity contribution in [2.75, 3.05) is 6.61 Å². The van der Waals surface area contributed by atoms with Crippen LogP contribution in [-0.4, -0.2) is 28.0 Å². The zero-order chi connectivity index (χ0) is 23.4. The van der Waals surface area contributed by atoms with Crippen LogP contribution in [0.2, 0.25) is 5.02 Å². The number of amides is 1. The van der Waals surface area contributed by atoms with Crippen molar-refractivity contribution in [2.45, 2.75) is 26.4 Å². The van der Waals surface area contributed by atoms with Gasteiger partial charge in [0.25, 0.3) is 5.91 Å². The van der Waals surface area contributed by atoms with Gasteiger partial charge >= 0.3 is 5.97 Å². The highest BCUT2D eigenvalue weighted by Gasteiger charge is 2.18. The Morgan fingerprint density at radius 2 is 1.88 bits per heavy atom. The number of carbonyl (C=O) groups excluding carboxylic acids is 2. The van der Waals surface area contributed by atoms with Crippen molar-refractivity contribution >= 4 is 34.4 Å². The molecule has 0 aliphatic heterocycles. The fourth-order valence-electron chi connectivity index (χ4n) is 3.71. The minimum Gasteiger partial charge on any atom is -0.462 e. The van der Waals surface area contributed by atoms with E-state index in [-0.39, 0.29) is 11.9 Å². The van der Waals surface area contributed by atoms with E-state index in [0.29, 0.717) is 35.0 Å². The summed E-state index contributed by atoms with van der Waals surface area (Å²) < 4.78 is 7.05. The fourth-order valence-corrected chi connectivity index (χ4v) is 3.83. The maximum Gasteiger partial charge on any atom is 0.339 e. The lowest BCUT2D eigenvalue weighted by molar-refractivity contribution is 0.0525. The predicted molar refractivity (Wildman–Crippen MR) is 129 cm³/mol. The van der Waals surface area contributed by atoms with E-state index in [0.717, 1.165) is 16.5 Å². The molecule has 2 heterocycles. The van der Waals surface area contributed by atoms with Crippen molar-refractivity contribution in [3.8, 4) is 0 Å². The second-order valence-corrected chi connectivity index (χ2v) is 8.14. The van der Waals surface area contributed by atoms with E-state index >= 15 is 0 Å². The van der Waals surface area contributed by atoms with E-state index in [2.05, 4.69) is 14.9 Å². The maximum atomic E-state index is 13.2. The number of rotatable bonds is 7. The zero-order valence-corrected chi connectivity index (χ0v) is 19.2. The molecule has 0 radical (unpaired) electrons. The number of hydrogen-bond donors (Lipinski definition) is 1. The third-order valence-corrected chi connectivity index (χ3v) is 5.64. The molecule has 0 bridgehead atoms. The van der Waals surface area contributed by atoms with Crippen molar-refractivity contribution in [3.05, 3.63) is 100 Å². The number of aromatic nitrogens is 2. The number of para-hydroxylation sites is 1. The summed E-state index contributed by atoms with van der Waals surface area (Å²) in [5.41, 5.74) is 3.57. The first-order valence-corrected chi connectivity index (χ1v) is 11.1. The molecule has 4 rings (SSSR count). The SMILES string of the molecule is CCOC(=O)c1ccc(C(C)NC(=O)c2cccc3ccn(Cc4ccc(Cl)cc4)c23)nc1. The molecule has 0 saturated heterocycles. The standard InChI is InChI=1S/C26H24ClN3O3/c1-3-33-26(32)20-9-12-23(28-15-20)17(2)29-25(31)22-6-4-5-19-13-14-30(24(19)22)16-18-7-10-21(27)11-8-18/h4-15,17H,3,16H2,1-2H3,(H,29,31). The van der Waals surface area contributed by atoms with E-state index in [9.17, 15) is 9.59 Å². The first kappa shape index (κ1) is 22.6. The Morgan fingerprint density at radius 3 is 2.58 bits per heavy atom. The highest BCUT2D eigenvalue weighted by molar-refractivity contribution is 6.30. The number of carbonyl (C=O) groups is 2. The molecule has 0 saturated carbocycles. The van der Waals surface area contributed by atoms with Gasteiger partial charge in [0.1, 0.15) is 0 Å². The van der Waals surface area contributed by atoms with Crippen LogP contribution in [0, 0.1) is 0 Å². The van der Waals surface area contributed by atoms with Crippen molar-refractivity contribution in [3.63, 3.8) is 0 Å². The summed E-state index contributed by atoms with van der Waals surface area (Å²) in [5.74, 6) is -0.609. The fraction of sp³-hybridized carbons (Fsp3) is 0.192. The van der Waals surface area contributed by atoms with Crippen LogP contribution in [0.25, 0.3) is 10.9 Å². The number of nitrogens with one attached hydrogen (secondary N) is 1. The normalized spacial score (nSPS) is 11.8. The van der Waals surface area contributed by atoms with Crippen LogP contribution in [-0.2, 0) is 11.3 Å². The molecule has 0 aliphatic carbocycles. The summed E-state index contributed by atoms with van der Waals surface area (Å²) in [6, 6.07) is 18.4. The van der Waals surface area contributed by atoms with Crippen LogP contribution >= 0.6 is 11.6 Å². The zero-order valence-electron chi connectivity index (χ0n) is 18.4. The smallest absolute Gasteiger partial charge is 0.339 e. The topological polar surface area (TPSA) is 73.2 Å². The average molecular weight is 462 g/mol. The van der Waals surface area contributed by atoms with Crippen LogP contribution < -0.4 is 5.32 Å². The van der Waals surface area contributed by atoms with Gasteiger partial charge in [-0.2, -0.15) is 0 Å². The van der Waals surface area contributed by atoms with Crippen molar-refractivity contribution < 1.29 is 14.3 Å². The van der Waals surface area contributed by atoms with E-state index in [1.807, 2.05) is 61.7 Å². The minimum atomic E-state index is -0.415. The second kappa shape index (κ2) is 9.88. The number of halogens is 1. The molecule has 2 aromatic carbocycles. The molecule has 1 unspecified atom stereocenters. The Labute approximate surface area is 197 Å². The van der Waals surface area contributed by atoms with Crippen LogP contribution in [0.15, 0.2) is 73.1 Å². The molecular weight excluding hydrogens is 438 g/mol. The molecule has 168 valence electrons. The van der Waals surface area contributed by atoms with Crippen LogP contribution in [0.5, 0.6) is 0 Å². The van der Waals surface area contributed by atoms with Gasteiger partial charge < -0.3 is 14.6 Å². The summed E-state index contributed by atoms with van der Waals surface area (Å²) in [5, 5.41) is 4.69. The van der Waals surface area contributed by atoms with Crippen molar-refractivity contribution in [1.82, 2.24) is 14.9 Å². The first-order valence-electron chi connectivity index (χ1n) is 10.7. The van der Waals surface area contributed by atoms with E-state index < -0.39 is 5.97 Å². The molecule has 1 N–H and O–H groups in total. The number of pyridine rings is 1. The number of nitrogens with zero attached hydrogens (tertiary/aromatic N) is 2. The summed E-state index contributed by atoms with van der Waals surface area (Å²) in [4.78, 5) is 29.4. The second-order valence-electron chi connectivity index (χ2n) is 7.70. The van der Waals surface area contributed by atoms with Gasteiger partial charge in [-0.05, 0) is 55.8 Å². The summed E-state index contributed by atoms with van der Waals surface area (Å²) in [6.45, 7) is 4.54. The van der Waals surface area contributed by atoms with Gasteiger partial charge in [-0.15, -0.1) is 0 Å². The minimum absolute atomic E-state index is 0.194. The molecular formula is C26H24ClN3O3. The first-order chi connectivity index (χ1) is 16.0. The Balaban J connectivity index is 1.55. The monoisotopic (exact) mass is 461 g/mol. The molecule has 7 heteroatoms. The lowest BCUT2D eigenvalue weighted by Gasteiger charge is -2.15. The van der Waals surface area contributed by atoms with Crippen LogP contribution in [0.3, 0.4) is 0 Å². The van der Waals surface area contributed by atoms with Crippen molar-refractivity contribution in [2.24, 2.45) is 0 Å². The summed E-state index contributed by atoms with van der Waals surface area (Å²) in [6.07, 6.45) is 3.45. The number of fused-ring (bicyclic) bond motifs is 1. The predicted octanol–water partition coefficient (Wildman–Crippen LogP) is 5.41. The van der Waals surface area contributed by atoms with Gasteiger partial charge in [-0.1, -0.05) is 35.9 Å². The third kappa shape index (κ3) is 5.07. The molecule has 1 atom stereocenters. The number of esters is 1. The Hall–Kier alpha value is -3.64. The largest absolute Gasteiger partial charge is 0.462 e. The number of hydrogen-bond acceptors (Lipinski definition) is 4. The van der Waals surface area contributed by atoms with Gasteiger partial charge in [-0.25, -0.2) is 4.79 Å². The van der Waals surface area contributed by atoms with E-state index in [1.54, 1.807) is 19.1 Å². The molecule has 2 aromatic heterocycles. The molecule has 0 fully saturated rings. The molecule has 6 nitrogen and oxygen atoms in total. The van der Waals surface area contributed by atoms with E-state index in [4.69, 9.17) is 16.3 Å². The number of ether oxygens (including phenoxy) is 1. The molecule has 0 spiro atoms. The van der Waals surface area contributed by atoms with Gasteiger partial charge in [-0.3, -0.25) is 9.78 Å². The summed E-state index contributed by atoms with van der Waals surface area (Å²) in [7, 11) is 0. The third-order valence-electron chi connectivity index (χ3n) is 5.39. The highest BCUT2D eigenvalue weighted by atomic mass is 35.5. The maximum absolute atomic E-state index is 13.2. The average Bonchev–Trinajstić information content (AvgIpc) is 3.23. The van der Waals surface area contributed by atoms with Gasteiger partial charge in [0.15, 0.2) is 0 Å². The Kier molecular flexibility index (Phi) is 6.75. The number of benzene rings is 2. The van der Waals surface area contributed by atoms with Gasteiger partial charge in [0, 0.05) is 29.3 Å². The van der Waals surface area contributed by atoms with Crippen LogP contribution in [0.1, 0.15) is 51.9 Å². The Bertz CT molecular complexity index is 1280. The Morgan fingerprint density at radius 1 is 1.09 bits per heavy atom. The highest BCUT2D eigenvalue weighted by Crippen LogP contribution is 2.23. The van der Waals surface area contributed by atoms with E-state index in [1.165, 1.54) is 6.20 Å². The summed E-state index contributed by atoms with van der Waals surface area (Å²) >= 11 is 6.00. The quantitative estimate of drug-likeness (QED) is 0.374. The van der Waals surface area contributed by atoms with Gasteiger partial charge in [0.05, 0.1) is 35.0 Å². The molecule has 4 aromatic rings. The molecule has 1 amide bonds. The van der Waals surface area contributed by atoms with Gasteiger partial charge in [0.2, 0.25) is 0 Å². The molecule has 0 aliphatic rings. The lowest BCUT2D eigenvalue weighted by atomic mass is 10.1. The lowest BCUT2D eigenvalue weighted by Crippen LogP contribution is -2.27. The van der Waals surface area contributed by atoms with Crippen molar-refractivity contribution in [1.29, 1.82) is 0 Å². The van der Waals surface area contributed by atoms with Crippen LogP contribution in [0.4, 0.5) is 0 Å². The molecule has 33 heavy (non-hydrogen) atoms.